The minimum absolute atomic E-state index is 0.124. The van der Waals surface area contributed by atoms with Gasteiger partial charge in [-0.2, -0.15) is 0 Å². The largest absolute Gasteiger partial charge is 0.497 e. The van der Waals surface area contributed by atoms with Crippen LogP contribution in [0, 0.1) is 13.8 Å². The normalized spacial score (nSPS) is 11.0. The number of imidazole rings is 1. The van der Waals surface area contributed by atoms with E-state index in [0.29, 0.717) is 5.13 Å². The molecule has 0 spiro atoms. The number of nitrogens with one attached hydrogen (secondary N) is 1. The summed E-state index contributed by atoms with van der Waals surface area (Å²) in [6.07, 6.45) is 0. The molecule has 0 atom stereocenters. The van der Waals surface area contributed by atoms with Gasteiger partial charge in [0.25, 0.3) is 0 Å². The fraction of sp³-hybridized carbons (Fsp3) is 0.190. The van der Waals surface area contributed by atoms with Gasteiger partial charge in [-0.15, -0.1) is 11.3 Å². The number of amides is 1. The number of rotatable bonds is 5. The van der Waals surface area contributed by atoms with Gasteiger partial charge < -0.3 is 14.6 Å². The van der Waals surface area contributed by atoms with Crippen molar-refractivity contribution in [1.82, 2.24) is 14.5 Å². The van der Waals surface area contributed by atoms with Crippen molar-refractivity contribution in [3.8, 4) is 17.0 Å². The second-order valence-electron chi connectivity index (χ2n) is 6.43. The second-order valence-corrected chi connectivity index (χ2v) is 7.64. The number of anilines is 1. The van der Waals surface area contributed by atoms with Crippen LogP contribution in [0.2, 0.25) is 0 Å². The monoisotopic (exact) mass is 392 g/mol. The van der Waals surface area contributed by atoms with Gasteiger partial charge in [0.15, 0.2) is 5.13 Å². The highest BCUT2D eigenvalue weighted by molar-refractivity contribution is 7.16. The van der Waals surface area contributed by atoms with Crippen molar-refractivity contribution in [3.63, 3.8) is 0 Å². The molecule has 1 amide bonds. The molecule has 0 saturated heterocycles. The highest BCUT2D eigenvalue weighted by atomic mass is 32.1. The van der Waals surface area contributed by atoms with Gasteiger partial charge >= 0.3 is 0 Å². The van der Waals surface area contributed by atoms with Gasteiger partial charge in [-0.3, -0.25) is 4.79 Å². The molecule has 2 aromatic heterocycles. The highest BCUT2D eigenvalue weighted by Gasteiger charge is 2.14. The predicted octanol–water partition coefficient (Wildman–Crippen LogP) is 4.42. The van der Waals surface area contributed by atoms with Gasteiger partial charge in [-0.05, 0) is 50.2 Å². The van der Waals surface area contributed by atoms with Crippen LogP contribution in [0.15, 0.2) is 48.5 Å². The predicted molar refractivity (Wildman–Crippen MR) is 112 cm³/mol. The Bertz CT molecular complexity index is 1150. The quantitative estimate of drug-likeness (QED) is 0.546. The van der Waals surface area contributed by atoms with Crippen LogP contribution >= 0.6 is 11.3 Å². The van der Waals surface area contributed by atoms with Crippen LogP contribution in [-0.2, 0) is 11.3 Å². The Morgan fingerprint density at radius 2 is 1.86 bits per heavy atom. The van der Waals surface area contributed by atoms with E-state index in [1.165, 1.54) is 11.3 Å². The molecule has 7 heteroatoms. The molecule has 0 fully saturated rings. The van der Waals surface area contributed by atoms with Gasteiger partial charge in [0, 0.05) is 10.4 Å². The molecule has 0 aliphatic rings. The van der Waals surface area contributed by atoms with Gasteiger partial charge in [-0.1, -0.05) is 12.1 Å². The molecule has 0 radical (unpaired) electrons. The van der Waals surface area contributed by atoms with Crippen LogP contribution in [0.4, 0.5) is 5.13 Å². The summed E-state index contributed by atoms with van der Waals surface area (Å²) in [6, 6.07) is 15.5. The zero-order valence-corrected chi connectivity index (χ0v) is 16.7. The molecule has 28 heavy (non-hydrogen) atoms. The van der Waals surface area contributed by atoms with E-state index in [-0.39, 0.29) is 12.5 Å². The maximum atomic E-state index is 12.6. The van der Waals surface area contributed by atoms with E-state index in [1.807, 2.05) is 66.9 Å². The maximum Gasteiger partial charge on any atom is 0.246 e. The Hall–Kier alpha value is -3.19. The van der Waals surface area contributed by atoms with Crippen LogP contribution in [0.25, 0.3) is 22.3 Å². The third-order valence-electron chi connectivity index (χ3n) is 4.55. The van der Waals surface area contributed by atoms with Crippen molar-refractivity contribution in [2.75, 3.05) is 12.4 Å². The maximum absolute atomic E-state index is 12.6. The molecule has 0 aliphatic heterocycles. The summed E-state index contributed by atoms with van der Waals surface area (Å²) in [7, 11) is 1.64. The van der Waals surface area contributed by atoms with E-state index in [4.69, 9.17) is 4.74 Å². The van der Waals surface area contributed by atoms with E-state index in [9.17, 15) is 4.79 Å². The van der Waals surface area contributed by atoms with Crippen LogP contribution in [0.3, 0.4) is 0 Å². The first-order valence-electron chi connectivity index (χ1n) is 8.88. The fourth-order valence-corrected chi connectivity index (χ4v) is 4.02. The van der Waals surface area contributed by atoms with Gasteiger partial charge in [0.1, 0.15) is 18.1 Å². The number of carbonyl (C=O) groups is 1. The first-order valence-corrected chi connectivity index (χ1v) is 9.70. The van der Waals surface area contributed by atoms with Crippen molar-refractivity contribution >= 4 is 33.4 Å². The number of aryl methyl sites for hydroxylation is 2. The Morgan fingerprint density at radius 3 is 2.61 bits per heavy atom. The number of ether oxygens (including phenoxy) is 1. The molecule has 4 rings (SSSR count). The van der Waals surface area contributed by atoms with E-state index in [1.54, 1.807) is 7.11 Å². The molecule has 2 aromatic carbocycles. The van der Waals surface area contributed by atoms with Crippen molar-refractivity contribution in [1.29, 1.82) is 0 Å². The lowest BCUT2D eigenvalue weighted by atomic mass is 10.1. The smallest absolute Gasteiger partial charge is 0.246 e. The molecular weight excluding hydrogens is 372 g/mol. The fourth-order valence-electron chi connectivity index (χ4n) is 3.16. The Kier molecular flexibility index (Phi) is 4.83. The van der Waals surface area contributed by atoms with Crippen LogP contribution < -0.4 is 10.1 Å². The average molecular weight is 392 g/mol. The zero-order chi connectivity index (χ0) is 19.7. The number of methoxy groups -OCH3 is 1. The topological polar surface area (TPSA) is 69.0 Å². The Morgan fingerprint density at radius 1 is 1.11 bits per heavy atom. The van der Waals surface area contributed by atoms with Crippen molar-refractivity contribution < 1.29 is 9.53 Å². The molecular formula is C21H20N4O2S. The van der Waals surface area contributed by atoms with E-state index >= 15 is 0 Å². The number of hydrogen-bond donors (Lipinski definition) is 1. The zero-order valence-electron chi connectivity index (χ0n) is 15.9. The van der Waals surface area contributed by atoms with Crippen LogP contribution in [-0.4, -0.2) is 27.6 Å². The number of aromatic nitrogens is 3. The average Bonchev–Trinajstić information content (AvgIpc) is 3.21. The number of thiazole rings is 1. The van der Waals surface area contributed by atoms with Crippen molar-refractivity contribution in [2.24, 2.45) is 0 Å². The Labute approximate surface area is 166 Å². The van der Waals surface area contributed by atoms with Gasteiger partial charge in [0.05, 0.1) is 23.8 Å². The molecule has 0 unspecified atom stereocenters. The summed E-state index contributed by atoms with van der Waals surface area (Å²) >= 11 is 1.47. The van der Waals surface area contributed by atoms with E-state index in [0.717, 1.165) is 38.7 Å². The number of fused-ring (bicyclic) bond motifs is 1. The van der Waals surface area contributed by atoms with Crippen molar-refractivity contribution in [3.05, 3.63) is 59.2 Å². The number of nitrogens with zero attached hydrogens (tertiary/aromatic N) is 3. The minimum Gasteiger partial charge on any atom is -0.497 e. The van der Waals surface area contributed by atoms with E-state index in [2.05, 4.69) is 15.3 Å². The molecule has 0 bridgehead atoms. The summed E-state index contributed by atoms with van der Waals surface area (Å²) in [5.74, 6) is 1.49. The Balaban J connectivity index is 1.52. The van der Waals surface area contributed by atoms with Crippen LogP contribution in [0.1, 0.15) is 10.7 Å². The number of para-hydroxylation sites is 2. The highest BCUT2D eigenvalue weighted by Crippen LogP contribution is 2.31. The number of carbonyl (C=O) groups excluding carboxylic acids is 1. The molecule has 0 saturated carbocycles. The molecule has 6 nitrogen and oxygen atoms in total. The summed E-state index contributed by atoms with van der Waals surface area (Å²) in [5.41, 5.74) is 3.70. The lowest BCUT2D eigenvalue weighted by Crippen LogP contribution is -2.19. The molecule has 0 aliphatic carbocycles. The summed E-state index contributed by atoms with van der Waals surface area (Å²) in [5, 5.41) is 3.51. The second kappa shape index (κ2) is 7.44. The third kappa shape index (κ3) is 3.48. The summed E-state index contributed by atoms with van der Waals surface area (Å²) in [6.45, 7) is 4.10. The first-order chi connectivity index (χ1) is 13.5. The lowest BCUT2D eigenvalue weighted by molar-refractivity contribution is -0.116. The van der Waals surface area contributed by atoms with Crippen LogP contribution in [0.5, 0.6) is 5.75 Å². The molecule has 142 valence electrons. The SMILES string of the molecule is COc1ccc(-c2nc(NC(=O)Cn3c(C)nc4ccccc43)sc2C)cc1. The van der Waals surface area contributed by atoms with E-state index < -0.39 is 0 Å². The summed E-state index contributed by atoms with van der Waals surface area (Å²) in [4.78, 5) is 22.8. The molecule has 4 aromatic rings. The van der Waals surface area contributed by atoms with Gasteiger partial charge in [0.2, 0.25) is 5.91 Å². The van der Waals surface area contributed by atoms with Gasteiger partial charge in [-0.25, -0.2) is 9.97 Å². The minimum atomic E-state index is -0.124. The molecule has 2 heterocycles. The number of benzene rings is 2. The summed E-state index contributed by atoms with van der Waals surface area (Å²) < 4.78 is 7.11. The lowest BCUT2D eigenvalue weighted by Gasteiger charge is -2.06. The molecule has 1 N–H and O–H groups in total. The number of hydrogen-bond acceptors (Lipinski definition) is 5. The first kappa shape index (κ1) is 18.2. The third-order valence-corrected chi connectivity index (χ3v) is 5.44. The van der Waals surface area contributed by atoms with Crippen molar-refractivity contribution in [2.45, 2.75) is 20.4 Å². The standard InChI is InChI=1S/C21H20N4O2S/c1-13-20(15-8-10-16(27-3)11-9-15)24-21(28-13)23-19(26)12-25-14(2)22-17-6-4-5-7-18(17)25/h4-11H,12H2,1-3H3,(H,23,24,26).